The molecule has 0 unspecified atom stereocenters. The van der Waals surface area contributed by atoms with Gasteiger partial charge >= 0.3 is 0 Å². The van der Waals surface area contributed by atoms with Crippen LogP contribution in [0, 0.1) is 0 Å². The van der Waals surface area contributed by atoms with E-state index in [1.807, 2.05) is 54.8 Å². The Labute approximate surface area is 165 Å². The van der Waals surface area contributed by atoms with Crippen molar-refractivity contribution in [2.75, 3.05) is 5.75 Å². The summed E-state index contributed by atoms with van der Waals surface area (Å²) in [5.41, 5.74) is 6.40. The smallest absolute Gasteiger partial charge is 0.237 e. The Hall–Kier alpha value is -2.65. The van der Waals surface area contributed by atoms with Gasteiger partial charge in [-0.05, 0) is 23.9 Å². The molecule has 2 heterocycles. The average molecular weight is 402 g/mol. The van der Waals surface area contributed by atoms with Gasteiger partial charge in [0, 0.05) is 0 Å². The van der Waals surface area contributed by atoms with Gasteiger partial charge in [-0.1, -0.05) is 48.2 Å². The average Bonchev–Trinajstić information content (AvgIpc) is 3.30. The van der Waals surface area contributed by atoms with Gasteiger partial charge in [-0.2, -0.15) is 0 Å². The third-order valence-electron chi connectivity index (χ3n) is 3.78. The van der Waals surface area contributed by atoms with Crippen molar-refractivity contribution in [3.8, 4) is 10.7 Å². The van der Waals surface area contributed by atoms with Gasteiger partial charge in [0.15, 0.2) is 11.0 Å². The van der Waals surface area contributed by atoms with Crippen LogP contribution in [0.4, 0.5) is 0 Å². The Morgan fingerprint density at radius 3 is 2.67 bits per heavy atom. The minimum absolute atomic E-state index is 0.0371. The number of nitrogens with two attached hydrogens (primary N) is 1. The van der Waals surface area contributed by atoms with E-state index in [0.717, 1.165) is 10.4 Å². The topological polar surface area (TPSA) is 103 Å². The van der Waals surface area contributed by atoms with E-state index in [1.165, 1.54) is 23.1 Å². The van der Waals surface area contributed by atoms with Crippen LogP contribution in [0.15, 0.2) is 53.0 Å². The van der Waals surface area contributed by atoms with Crippen LogP contribution >= 0.6 is 23.1 Å². The summed E-state index contributed by atoms with van der Waals surface area (Å²) in [4.78, 5) is 24.6. The number of aromatic nitrogens is 3. The van der Waals surface area contributed by atoms with Crippen molar-refractivity contribution in [3.63, 3.8) is 0 Å². The van der Waals surface area contributed by atoms with Crippen LogP contribution in [0.25, 0.3) is 10.7 Å². The van der Waals surface area contributed by atoms with E-state index in [0.29, 0.717) is 11.0 Å². The minimum atomic E-state index is -0.489. The third kappa shape index (κ3) is 4.95. The summed E-state index contributed by atoms with van der Waals surface area (Å²) in [6.45, 7) is 1.90. The molecule has 2 amide bonds. The van der Waals surface area contributed by atoms with Crippen LogP contribution in [0.1, 0.15) is 18.5 Å². The Bertz CT molecular complexity index is 909. The summed E-state index contributed by atoms with van der Waals surface area (Å²) in [5.74, 6) is 0.127. The zero-order chi connectivity index (χ0) is 19.2. The summed E-state index contributed by atoms with van der Waals surface area (Å²) in [5, 5.41) is 13.7. The number of carbonyl (C=O) groups excluding carboxylic acids is 2. The predicted molar refractivity (Wildman–Crippen MR) is 106 cm³/mol. The van der Waals surface area contributed by atoms with E-state index in [1.54, 1.807) is 4.57 Å². The minimum Gasteiger partial charge on any atom is -0.368 e. The van der Waals surface area contributed by atoms with Crippen LogP contribution < -0.4 is 11.1 Å². The largest absolute Gasteiger partial charge is 0.368 e. The lowest BCUT2D eigenvalue weighted by Gasteiger charge is -2.14. The number of hydrogen-bond acceptors (Lipinski definition) is 6. The highest BCUT2D eigenvalue weighted by Gasteiger charge is 2.18. The standard InChI is InChI=1S/C18H19N5O2S2/c1-12(13-6-3-2-4-7-13)20-16(25)11-27-18-22-21-17(14-8-5-9-26-14)23(18)10-15(19)24/h2-9,12H,10-11H2,1H3,(H2,19,24)(H,20,25)/t12-/m0/s1. The van der Waals surface area contributed by atoms with E-state index in [9.17, 15) is 9.59 Å². The maximum Gasteiger partial charge on any atom is 0.237 e. The molecule has 0 aliphatic heterocycles. The number of hydrogen-bond donors (Lipinski definition) is 2. The number of primary amides is 1. The molecule has 3 aromatic rings. The van der Waals surface area contributed by atoms with Gasteiger partial charge in [-0.15, -0.1) is 21.5 Å². The molecule has 27 heavy (non-hydrogen) atoms. The molecule has 3 N–H and O–H groups in total. The van der Waals surface area contributed by atoms with Gasteiger partial charge in [0.2, 0.25) is 11.8 Å². The molecule has 0 bridgehead atoms. The first kappa shape index (κ1) is 19.1. The molecule has 2 aromatic heterocycles. The molecule has 7 nitrogen and oxygen atoms in total. The van der Waals surface area contributed by atoms with Crippen molar-refractivity contribution < 1.29 is 9.59 Å². The molecule has 0 fully saturated rings. The van der Waals surface area contributed by atoms with Gasteiger partial charge < -0.3 is 11.1 Å². The number of carbonyl (C=O) groups is 2. The monoisotopic (exact) mass is 401 g/mol. The maximum atomic E-state index is 12.3. The molecule has 0 saturated heterocycles. The third-order valence-corrected chi connectivity index (χ3v) is 5.61. The van der Waals surface area contributed by atoms with Gasteiger partial charge in [0.1, 0.15) is 6.54 Å². The van der Waals surface area contributed by atoms with E-state index >= 15 is 0 Å². The molecule has 3 rings (SSSR count). The Kier molecular flexibility index (Phi) is 6.25. The van der Waals surface area contributed by atoms with Crippen LogP contribution in [0.5, 0.6) is 0 Å². The van der Waals surface area contributed by atoms with Gasteiger partial charge in [0.25, 0.3) is 0 Å². The zero-order valence-corrected chi connectivity index (χ0v) is 16.3. The quantitative estimate of drug-likeness (QED) is 0.565. The van der Waals surface area contributed by atoms with Crippen molar-refractivity contribution >= 4 is 34.9 Å². The molecule has 140 valence electrons. The number of nitrogens with one attached hydrogen (secondary N) is 1. The fourth-order valence-electron chi connectivity index (χ4n) is 2.52. The lowest BCUT2D eigenvalue weighted by molar-refractivity contribution is -0.119. The fourth-order valence-corrected chi connectivity index (χ4v) is 3.99. The molecule has 1 aromatic carbocycles. The van der Waals surface area contributed by atoms with Gasteiger partial charge in [0.05, 0.1) is 16.7 Å². The molecule has 0 spiro atoms. The number of amides is 2. The number of thioether (sulfide) groups is 1. The summed E-state index contributed by atoms with van der Waals surface area (Å²) in [6, 6.07) is 13.4. The number of benzene rings is 1. The van der Waals surface area contributed by atoms with Crippen molar-refractivity contribution in [3.05, 3.63) is 53.4 Å². The highest BCUT2D eigenvalue weighted by molar-refractivity contribution is 7.99. The molecule has 0 saturated carbocycles. The number of thiophene rings is 1. The van der Waals surface area contributed by atoms with Crippen molar-refractivity contribution in [1.29, 1.82) is 0 Å². The van der Waals surface area contributed by atoms with Crippen LogP contribution in [-0.4, -0.2) is 32.3 Å². The Morgan fingerprint density at radius 1 is 1.22 bits per heavy atom. The second-order valence-electron chi connectivity index (χ2n) is 5.82. The second-order valence-corrected chi connectivity index (χ2v) is 7.71. The first-order valence-electron chi connectivity index (χ1n) is 8.27. The fraction of sp³-hybridized carbons (Fsp3) is 0.222. The lowest BCUT2D eigenvalue weighted by Crippen LogP contribution is -2.28. The highest BCUT2D eigenvalue weighted by atomic mass is 32.2. The van der Waals surface area contributed by atoms with Gasteiger partial charge in [-0.25, -0.2) is 0 Å². The van der Waals surface area contributed by atoms with Crippen LogP contribution in [-0.2, 0) is 16.1 Å². The second kappa shape index (κ2) is 8.83. The Morgan fingerprint density at radius 2 is 2.00 bits per heavy atom. The molecular weight excluding hydrogens is 382 g/mol. The summed E-state index contributed by atoms with van der Waals surface area (Å²) >= 11 is 2.72. The first-order chi connectivity index (χ1) is 13.0. The van der Waals surface area contributed by atoms with Crippen molar-refractivity contribution in [2.45, 2.75) is 24.7 Å². The van der Waals surface area contributed by atoms with E-state index in [-0.39, 0.29) is 24.2 Å². The number of rotatable bonds is 8. The maximum absolute atomic E-state index is 12.3. The van der Waals surface area contributed by atoms with E-state index < -0.39 is 5.91 Å². The predicted octanol–water partition coefficient (Wildman–Crippen LogP) is 2.46. The Balaban J connectivity index is 1.66. The molecule has 9 heteroatoms. The molecule has 0 aliphatic rings. The van der Waals surface area contributed by atoms with Crippen molar-refractivity contribution in [1.82, 2.24) is 20.1 Å². The van der Waals surface area contributed by atoms with E-state index in [2.05, 4.69) is 15.5 Å². The van der Waals surface area contributed by atoms with Crippen LogP contribution in [0.3, 0.4) is 0 Å². The normalized spacial score (nSPS) is 11.9. The summed E-state index contributed by atoms with van der Waals surface area (Å²) < 4.78 is 1.65. The SMILES string of the molecule is C[C@H](NC(=O)CSc1nnc(-c2cccs2)n1CC(N)=O)c1ccccc1. The zero-order valence-electron chi connectivity index (χ0n) is 14.7. The van der Waals surface area contributed by atoms with E-state index in [4.69, 9.17) is 5.73 Å². The molecule has 1 atom stereocenters. The summed E-state index contributed by atoms with van der Waals surface area (Å²) in [6.07, 6.45) is 0. The van der Waals surface area contributed by atoms with Crippen molar-refractivity contribution in [2.24, 2.45) is 5.73 Å². The van der Waals surface area contributed by atoms with Crippen LogP contribution in [0.2, 0.25) is 0 Å². The number of nitrogens with zero attached hydrogens (tertiary/aromatic N) is 3. The molecule has 0 radical (unpaired) electrons. The highest BCUT2D eigenvalue weighted by Crippen LogP contribution is 2.27. The lowest BCUT2D eigenvalue weighted by atomic mass is 10.1. The molecule has 0 aliphatic carbocycles. The summed E-state index contributed by atoms with van der Waals surface area (Å²) in [7, 11) is 0. The molecular formula is C18H19N5O2S2. The van der Waals surface area contributed by atoms with Gasteiger partial charge in [-0.3, -0.25) is 14.2 Å². The first-order valence-corrected chi connectivity index (χ1v) is 10.1.